The van der Waals surface area contributed by atoms with Crippen LogP contribution in [-0.4, -0.2) is 13.9 Å². The Kier molecular flexibility index (Phi) is 3.01. The summed E-state index contributed by atoms with van der Waals surface area (Å²) in [6.07, 6.45) is 6.53. The molecule has 2 atom stereocenters. The molecule has 2 bridgehead atoms. The smallest absolute Gasteiger partial charge is 0.181 e. The normalized spacial score (nSPS) is 34.1. The average molecular weight is 262 g/mol. The Morgan fingerprint density at radius 3 is 2.33 bits per heavy atom. The van der Waals surface area contributed by atoms with Gasteiger partial charge in [0.15, 0.2) is 5.78 Å². The molecule has 2 heteroatoms. The molecule has 0 spiro atoms. The molecule has 0 saturated heterocycles. The van der Waals surface area contributed by atoms with Crippen molar-refractivity contribution in [3.05, 3.63) is 23.4 Å². The van der Waals surface area contributed by atoms with E-state index in [-0.39, 0.29) is 16.6 Å². The Balaban J connectivity index is 2.25. The topological polar surface area (TPSA) is 17.1 Å². The van der Waals surface area contributed by atoms with Gasteiger partial charge in [0.1, 0.15) is 0 Å². The van der Waals surface area contributed by atoms with E-state index in [1.165, 1.54) is 12.8 Å². The van der Waals surface area contributed by atoms with E-state index < -0.39 is 8.07 Å². The van der Waals surface area contributed by atoms with Crippen LogP contribution in [0.5, 0.6) is 0 Å². The molecular formula is C16H26OSi. The third-order valence-corrected chi connectivity index (χ3v) is 6.43. The molecule has 0 amide bonds. The lowest BCUT2D eigenvalue weighted by Crippen LogP contribution is -2.32. The van der Waals surface area contributed by atoms with Crippen LogP contribution in [0, 0.1) is 16.7 Å². The minimum atomic E-state index is -1.28. The zero-order valence-electron chi connectivity index (χ0n) is 12.6. The Hall–Kier alpha value is -0.633. The van der Waals surface area contributed by atoms with Gasteiger partial charge in [-0.15, -0.1) is 0 Å². The van der Waals surface area contributed by atoms with Crippen LogP contribution in [-0.2, 0) is 4.79 Å². The van der Waals surface area contributed by atoms with Gasteiger partial charge in [-0.3, -0.25) is 4.79 Å². The van der Waals surface area contributed by atoms with Crippen molar-refractivity contribution in [3.63, 3.8) is 0 Å². The van der Waals surface area contributed by atoms with Crippen molar-refractivity contribution < 1.29 is 4.79 Å². The second kappa shape index (κ2) is 3.93. The third kappa shape index (κ3) is 1.95. The van der Waals surface area contributed by atoms with Crippen molar-refractivity contribution in [2.75, 3.05) is 0 Å². The number of rotatable bonds is 3. The first-order chi connectivity index (χ1) is 8.08. The highest BCUT2D eigenvalue weighted by atomic mass is 28.3. The monoisotopic (exact) mass is 262 g/mol. The quantitative estimate of drug-likeness (QED) is 0.545. The number of fused-ring (bicyclic) bond motifs is 2. The Morgan fingerprint density at radius 2 is 1.94 bits per heavy atom. The summed E-state index contributed by atoms with van der Waals surface area (Å²) in [5, 5.41) is 0. The molecular weight excluding hydrogens is 236 g/mol. The van der Waals surface area contributed by atoms with Gasteiger partial charge in [0.25, 0.3) is 0 Å². The Labute approximate surface area is 112 Å². The largest absolute Gasteiger partial charge is 0.290 e. The molecule has 1 fully saturated rings. The molecule has 100 valence electrons. The van der Waals surface area contributed by atoms with Crippen LogP contribution < -0.4 is 0 Å². The predicted octanol–water partition coefficient (Wildman–Crippen LogP) is 4.37. The Bertz CT molecular complexity index is 437. The van der Waals surface area contributed by atoms with Crippen LogP contribution in [0.2, 0.25) is 19.6 Å². The number of allylic oxidation sites excluding steroid dienone is 3. The van der Waals surface area contributed by atoms with Crippen LogP contribution >= 0.6 is 0 Å². The molecule has 1 nitrogen and oxygen atoms in total. The van der Waals surface area contributed by atoms with E-state index in [2.05, 4.69) is 52.2 Å². The SMILES string of the molecule is CC12CCC(C=C1C(=O)/C=C/[Si](C)(C)C)C2(C)C. The summed E-state index contributed by atoms with van der Waals surface area (Å²) >= 11 is 0. The summed E-state index contributed by atoms with van der Waals surface area (Å²) in [5.41, 5.74) is 3.60. The van der Waals surface area contributed by atoms with Crippen molar-refractivity contribution >= 4 is 13.9 Å². The van der Waals surface area contributed by atoms with Crippen LogP contribution in [0.25, 0.3) is 0 Å². The van der Waals surface area contributed by atoms with E-state index in [1.54, 1.807) is 0 Å². The van der Waals surface area contributed by atoms with Gasteiger partial charge < -0.3 is 0 Å². The molecule has 2 unspecified atom stereocenters. The van der Waals surface area contributed by atoms with Crippen LogP contribution in [0.1, 0.15) is 33.6 Å². The van der Waals surface area contributed by atoms with Gasteiger partial charge in [-0.05, 0) is 30.3 Å². The summed E-state index contributed by atoms with van der Waals surface area (Å²) in [4.78, 5) is 12.4. The van der Waals surface area contributed by atoms with E-state index in [0.717, 1.165) is 5.57 Å². The van der Waals surface area contributed by atoms with E-state index in [9.17, 15) is 4.79 Å². The van der Waals surface area contributed by atoms with E-state index in [1.807, 2.05) is 6.08 Å². The number of ketones is 1. The minimum Gasteiger partial charge on any atom is -0.290 e. The molecule has 2 aliphatic rings. The second-order valence-electron chi connectivity index (χ2n) is 7.84. The molecule has 1 saturated carbocycles. The summed E-state index contributed by atoms with van der Waals surface area (Å²) in [7, 11) is -1.28. The molecule has 0 heterocycles. The summed E-state index contributed by atoms with van der Waals surface area (Å²) < 4.78 is 0. The lowest BCUT2D eigenvalue weighted by Gasteiger charge is -2.36. The van der Waals surface area contributed by atoms with Crippen molar-refractivity contribution in [1.82, 2.24) is 0 Å². The average Bonchev–Trinajstić information content (AvgIpc) is 2.56. The fourth-order valence-corrected chi connectivity index (χ4v) is 4.12. The fourth-order valence-electron chi connectivity index (χ4n) is 3.46. The van der Waals surface area contributed by atoms with Gasteiger partial charge in [-0.2, -0.15) is 0 Å². The molecule has 18 heavy (non-hydrogen) atoms. The van der Waals surface area contributed by atoms with Crippen molar-refractivity contribution in [2.45, 2.75) is 53.3 Å². The Morgan fingerprint density at radius 1 is 1.33 bits per heavy atom. The van der Waals surface area contributed by atoms with Gasteiger partial charge in [-0.1, -0.05) is 52.2 Å². The first-order valence-corrected chi connectivity index (χ1v) is 10.6. The third-order valence-electron chi connectivity index (χ3n) is 5.27. The molecule has 0 N–H and O–H groups in total. The zero-order valence-corrected chi connectivity index (χ0v) is 13.6. The van der Waals surface area contributed by atoms with Crippen molar-refractivity contribution in [2.24, 2.45) is 16.7 Å². The molecule has 0 aromatic rings. The van der Waals surface area contributed by atoms with Gasteiger partial charge in [0, 0.05) is 11.0 Å². The highest BCUT2D eigenvalue weighted by Crippen LogP contribution is 2.65. The van der Waals surface area contributed by atoms with E-state index in [4.69, 9.17) is 0 Å². The number of hydrogen-bond acceptors (Lipinski definition) is 1. The van der Waals surface area contributed by atoms with E-state index >= 15 is 0 Å². The summed E-state index contributed by atoms with van der Waals surface area (Å²) in [6, 6.07) is 0. The van der Waals surface area contributed by atoms with Gasteiger partial charge in [0.05, 0.1) is 8.07 Å². The summed E-state index contributed by atoms with van der Waals surface area (Å²) in [5.74, 6) is 0.858. The molecule has 0 aromatic carbocycles. The molecule has 0 aromatic heterocycles. The fraction of sp³-hybridized carbons (Fsp3) is 0.688. The highest BCUT2D eigenvalue weighted by Gasteiger charge is 2.58. The van der Waals surface area contributed by atoms with Crippen LogP contribution in [0.3, 0.4) is 0 Å². The maximum atomic E-state index is 12.4. The molecule has 0 aliphatic heterocycles. The second-order valence-corrected chi connectivity index (χ2v) is 12.9. The molecule has 0 radical (unpaired) electrons. The summed E-state index contributed by atoms with van der Waals surface area (Å²) in [6.45, 7) is 13.7. The molecule has 2 rings (SSSR count). The standard InChI is InChI=1S/C16H26OSi/c1-15(2)12-7-9-16(15,3)13(11-12)14(17)8-10-18(4,5)6/h8,10-12H,7,9H2,1-6H3/b10-8+. The molecule has 2 aliphatic carbocycles. The van der Waals surface area contributed by atoms with Crippen molar-refractivity contribution in [1.29, 1.82) is 0 Å². The predicted molar refractivity (Wildman–Crippen MR) is 80.2 cm³/mol. The number of carbonyl (C=O) groups excluding carboxylic acids is 1. The van der Waals surface area contributed by atoms with Gasteiger partial charge in [-0.25, -0.2) is 0 Å². The number of hydrogen-bond donors (Lipinski definition) is 0. The lowest BCUT2D eigenvalue weighted by molar-refractivity contribution is -0.112. The first-order valence-electron chi connectivity index (χ1n) is 7.04. The van der Waals surface area contributed by atoms with Crippen LogP contribution in [0.4, 0.5) is 0 Å². The zero-order chi connectivity index (χ0) is 13.8. The van der Waals surface area contributed by atoms with Gasteiger partial charge >= 0.3 is 0 Å². The lowest BCUT2D eigenvalue weighted by atomic mass is 9.67. The van der Waals surface area contributed by atoms with Crippen molar-refractivity contribution in [3.8, 4) is 0 Å². The first kappa shape index (κ1) is 13.8. The number of carbonyl (C=O) groups is 1. The van der Waals surface area contributed by atoms with Crippen LogP contribution in [0.15, 0.2) is 23.4 Å². The maximum absolute atomic E-state index is 12.4. The van der Waals surface area contributed by atoms with E-state index in [0.29, 0.717) is 5.92 Å². The maximum Gasteiger partial charge on any atom is 0.181 e. The minimum absolute atomic E-state index is 0.0958. The highest BCUT2D eigenvalue weighted by molar-refractivity contribution is 6.81. The van der Waals surface area contributed by atoms with Gasteiger partial charge in [0.2, 0.25) is 0 Å².